The van der Waals surface area contributed by atoms with E-state index in [0.29, 0.717) is 18.1 Å². The largest absolute Gasteiger partial charge is 0.311 e. The number of hydrogen-bond acceptors (Lipinski definition) is 3. The number of piperazine rings is 1. The SMILES string of the molecule is CCCC1CN(C(C)Cc2cccs2)C(C(C)C)CN1. The second kappa shape index (κ2) is 7.58. The minimum absolute atomic E-state index is 0.641. The quantitative estimate of drug-likeness (QED) is 0.859. The van der Waals surface area contributed by atoms with Gasteiger partial charge in [-0.1, -0.05) is 33.3 Å². The van der Waals surface area contributed by atoms with Gasteiger partial charge in [0.2, 0.25) is 0 Å². The Bertz CT molecular complexity index is 374. The van der Waals surface area contributed by atoms with Crippen LogP contribution in [0.5, 0.6) is 0 Å². The molecular weight excluding hydrogens is 264 g/mol. The number of rotatable bonds is 6. The summed E-state index contributed by atoms with van der Waals surface area (Å²) in [4.78, 5) is 4.28. The fourth-order valence-electron chi connectivity index (χ4n) is 3.36. The van der Waals surface area contributed by atoms with Gasteiger partial charge < -0.3 is 5.32 Å². The van der Waals surface area contributed by atoms with Crippen molar-refractivity contribution < 1.29 is 0 Å². The molecule has 1 aliphatic heterocycles. The van der Waals surface area contributed by atoms with E-state index in [2.05, 4.69) is 55.4 Å². The first kappa shape index (κ1) is 16.0. The van der Waals surface area contributed by atoms with E-state index in [4.69, 9.17) is 0 Å². The van der Waals surface area contributed by atoms with Crippen molar-refractivity contribution in [2.45, 2.75) is 65.1 Å². The predicted molar refractivity (Wildman–Crippen MR) is 89.5 cm³/mol. The molecule has 0 bridgehead atoms. The fourth-order valence-corrected chi connectivity index (χ4v) is 4.19. The summed E-state index contributed by atoms with van der Waals surface area (Å²) in [6.45, 7) is 11.8. The van der Waals surface area contributed by atoms with Crippen molar-refractivity contribution in [2.75, 3.05) is 13.1 Å². The summed E-state index contributed by atoms with van der Waals surface area (Å²) < 4.78 is 0. The molecule has 0 amide bonds. The van der Waals surface area contributed by atoms with Gasteiger partial charge in [0.05, 0.1) is 0 Å². The Labute approximate surface area is 128 Å². The molecule has 2 heterocycles. The van der Waals surface area contributed by atoms with Crippen LogP contribution in [0.1, 0.15) is 45.4 Å². The molecule has 0 saturated carbocycles. The molecule has 1 N–H and O–H groups in total. The minimum atomic E-state index is 0.641. The zero-order chi connectivity index (χ0) is 14.5. The first-order valence-corrected chi connectivity index (χ1v) is 9.01. The molecule has 3 unspecified atom stereocenters. The summed E-state index contributed by atoms with van der Waals surface area (Å²) >= 11 is 1.89. The molecule has 2 rings (SSSR count). The Kier molecular flexibility index (Phi) is 6.06. The topological polar surface area (TPSA) is 15.3 Å². The van der Waals surface area contributed by atoms with Crippen LogP contribution in [0.2, 0.25) is 0 Å². The molecule has 1 aliphatic rings. The third-order valence-corrected chi connectivity index (χ3v) is 5.42. The van der Waals surface area contributed by atoms with E-state index < -0.39 is 0 Å². The normalized spacial score (nSPS) is 26.1. The van der Waals surface area contributed by atoms with E-state index in [1.807, 2.05) is 11.3 Å². The monoisotopic (exact) mass is 294 g/mol. The van der Waals surface area contributed by atoms with Crippen molar-refractivity contribution in [1.29, 1.82) is 0 Å². The maximum Gasteiger partial charge on any atom is 0.0247 e. The molecule has 3 heteroatoms. The van der Waals surface area contributed by atoms with Gasteiger partial charge in [0, 0.05) is 36.1 Å². The van der Waals surface area contributed by atoms with Gasteiger partial charge in [-0.15, -0.1) is 11.3 Å². The zero-order valence-corrected chi connectivity index (χ0v) is 14.2. The van der Waals surface area contributed by atoms with Crippen molar-refractivity contribution in [3.8, 4) is 0 Å². The highest BCUT2D eigenvalue weighted by Gasteiger charge is 2.32. The van der Waals surface area contributed by atoms with Crippen LogP contribution in [-0.4, -0.2) is 36.1 Å². The third kappa shape index (κ3) is 4.06. The number of nitrogens with zero attached hydrogens (tertiary/aromatic N) is 1. The van der Waals surface area contributed by atoms with Crippen molar-refractivity contribution in [3.05, 3.63) is 22.4 Å². The molecular formula is C17H30N2S. The van der Waals surface area contributed by atoms with Crippen LogP contribution in [0.3, 0.4) is 0 Å². The molecule has 0 spiro atoms. The summed E-state index contributed by atoms with van der Waals surface area (Å²) in [5.41, 5.74) is 0. The lowest BCUT2D eigenvalue weighted by atomic mass is 9.94. The molecule has 20 heavy (non-hydrogen) atoms. The van der Waals surface area contributed by atoms with Gasteiger partial charge in [0.1, 0.15) is 0 Å². The maximum atomic E-state index is 3.76. The Balaban J connectivity index is 2.01. The van der Waals surface area contributed by atoms with Gasteiger partial charge in [0.15, 0.2) is 0 Å². The summed E-state index contributed by atoms with van der Waals surface area (Å²) in [5, 5.41) is 5.95. The van der Waals surface area contributed by atoms with Crippen LogP contribution in [-0.2, 0) is 6.42 Å². The van der Waals surface area contributed by atoms with E-state index in [9.17, 15) is 0 Å². The highest BCUT2D eigenvalue weighted by atomic mass is 32.1. The summed E-state index contributed by atoms with van der Waals surface area (Å²) in [6.07, 6.45) is 3.77. The van der Waals surface area contributed by atoms with Crippen LogP contribution >= 0.6 is 11.3 Å². The molecule has 3 atom stereocenters. The summed E-state index contributed by atoms with van der Waals surface area (Å²) in [5.74, 6) is 0.718. The number of thiophene rings is 1. The van der Waals surface area contributed by atoms with E-state index in [0.717, 1.165) is 12.5 Å². The minimum Gasteiger partial charge on any atom is -0.311 e. The molecule has 1 aromatic heterocycles. The van der Waals surface area contributed by atoms with Gasteiger partial charge in [-0.3, -0.25) is 4.90 Å². The van der Waals surface area contributed by atoms with Gasteiger partial charge in [-0.05, 0) is 37.1 Å². The molecule has 0 aliphatic carbocycles. The molecule has 0 aromatic carbocycles. The smallest absolute Gasteiger partial charge is 0.0247 e. The van der Waals surface area contributed by atoms with E-state index in [1.165, 1.54) is 30.7 Å². The van der Waals surface area contributed by atoms with E-state index >= 15 is 0 Å². The van der Waals surface area contributed by atoms with Crippen LogP contribution in [0.15, 0.2) is 17.5 Å². The van der Waals surface area contributed by atoms with Crippen LogP contribution in [0.25, 0.3) is 0 Å². The molecule has 1 aromatic rings. The van der Waals surface area contributed by atoms with Crippen LogP contribution in [0.4, 0.5) is 0 Å². The third-order valence-electron chi connectivity index (χ3n) is 4.52. The lowest BCUT2D eigenvalue weighted by Crippen LogP contribution is -2.60. The standard InChI is InChI=1S/C17H30N2S/c1-5-7-15-12-19(17(11-18-15)13(2)3)14(4)10-16-8-6-9-20-16/h6,8-9,13-15,17-18H,5,7,10-12H2,1-4H3. The van der Waals surface area contributed by atoms with Crippen molar-refractivity contribution in [1.82, 2.24) is 10.2 Å². The Morgan fingerprint density at radius 2 is 2.20 bits per heavy atom. The zero-order valence-electron chi connectivity index (χ0n) is 13.4. The number of hydrogen-bond donors (Lipinski definition) is 1. The fraction of sp³-hybridized carbons (Fsp3) is 0.765. The van der Waals surface area contributed by atoms with Crippen molar-refractivity contribution in [3.63, 3.8) is 0 Å². The predicted octanol–water partition coefficient (Wildman–Crippen LogP) is 3.78. The molecule has 2 nitrogen and oxygen atoms in total. The second-order valence-corrected chi connectivity index (χ2v) is 7.57. The maximum absolute atomic E-state index is 3.76. The second-order valence-electron chi connectivity index (χ2n) is 6.53. The van der Waals surface area contributed by atoms with Gasteiger partial charge in [-0.25, -0.2) is 0 Å². The Morgan fingerprint density at radius 3 is 2.80 bits per heavy atom. The Hall–Kier alpha value is -0.380. The molecule has 114 valence electrons. The molecule has 1 saturated heterocycles. The molecule has 1 fully saturated rings. The van der Waals surface area contributed by atoms with Crippen molar-refractivity contribution in [2.24, 2.45) is 5.92 Å². The van der Waals surface area contributed by atoms with E-state index in [-0.39, 0.29) is 0 Å². The number of nitrogens with one attached hydrogen (secondary N) is 1. The average Bonchev–Trinajstić information content (AvgIpc) is 2.91. The highest BCUT2D eigenvalue weighted by Crippen LogP contribution is 2.22. The van der Waals surface area contributed by atoms with Gasteiger partial charge in [-0.2, -0.15) is 0 Å². The summed E-state index contributed by atoms with van der Waals surface area (Å²) in [6, 6.07) is 6.45. The lowest BCUT2D eigenvalue weighted by molar-refractivity contribution is 0.0605. The first-order chi connectivity index (χ1) is 9.61. The summed E-state index contributed by atoms with van der Waals surface area (Å²) in [7, 11) is 0. The first-order valence-electron chi connectivity index (χ1n) is 8.13. The molecule has 0 radical (unpaired) electrons. The van der Waals surface area contributed by atoms with Gasteiger partial charge in [0.25, 0.3) is 0 Å². The highest BCUT2D eigenvalue weighted by molar-refractivity contribution is 7.09. The average molecular weight is 295 g/mol. The van der Waals surface area contributed by atoms with Crippen LogP contribution in [0, 0.1) is 5.92 Å². The van der Waals surface area contributed by atoms with E-state index in [1.54, 1.807) is 0 Å². The van der Waals surface area contributed by atoms with Crippen LogP contribution < -0.4 is 5.32 Å². The van der Waals surface area contributed by atoms with Gasteiger partial charge >= 0.3 is 0 Å². The van der Waals surface area contributed by atoms with Crippen molar-refractivity contribution >= 4 is 11.3 Å². The lowest BCUT2D eigenvalue weighted by Gasteiger charge is -2.45. The Morgan fingerprint density at radius 1 is 1.40 bits per heavy atom.